The van der Waals surface area contributed by atoms with Crippen LogP contribution in [-0.2, 0) is 24.7 Å². The Bertz CT molecular complexity index is 1750. The molecule has 2 aromatic heterocycles. The maximum atomic E-state index is 13.8. The molecule has 12 nitrogen and oxygen atoms in total. The van der Waals surface area contributed by atoms with E-state index in [0.717, 1.165) is 48.8 Å². The second-order valence-electron chi connectivity index (χ2n) is 10.9. The zero-order chi connectivity index (χ0) is 31.2. The average molecular weight is 611 g/mol. The molecule has 0 amide bonds. The second-order valence-corrected chi connectivity index (χ2v) is 10.9. The molecule has 45 heavy (non-hydrogen) atoms. The third-order valence-corrected chi connectivity index (χ3v) is 8.02. The molecule has 0 bridgehead atoms. The van der Waals surface area contributed by atoms with E-state index in [-0.39, 0.29) is 18.3 Å². The van der Waals surface area contributed by atoms with Gasteiger partial charge < -0.3 is 23.9 Å². The number of H-pyrrole nitrogens is 2. The Morgan fingerprint density at radius 2 is 1.76 bits per heavy atom. The molecular formula is C33H34N6O6. The molecule has 232 valence electrons. The summed E-state index contributed by atoms with van der Waals surface area (Å²) in [5, 5.41) is 14.3. The molecule has 5 aromatic rings. The molecule has 0 aliphatic heterocycles. The van der Waals surface area contributed by atoms with Crippen molar-refractivity contribution in [3.8, 4) is 22.5 Å². The maximum Gasteiger partial charge on any atom is 0.509 e. The molecule has 1 aliphatic carbocycles. The highest BCUT2D eigenvalue weighted by Gasteiger charge is 2.47. The van der Waals surface area contributed by atoms with Crippen molar-refractivity contribution >= 4 is 23.2 Å². The van der Waals surface area contributed by atoms with Gasteiger partial charge in [-0.2, -0.15) is 0 Å². The number of carbonyl (C=O) groups excluding carboxylic acids is 2. The van der Waals surface area contributed by atoms with Crippen LogP contribution in [0.15, 0.2) is 73.1 Å². The first-order chi connectivity index (χ1) is 22.0. The number of ether oxygens (including phenoxy) is 4. The number of esters is 1. The normalized spacial score (nSPS) is 15.7. The van der Waals surface area contributed by atoms with Gasteiger partial charge in [-0.3, -0.25) is 0 Å². The summed E-state index contributed by atoms with van der Waals surface area (Å²) in [5.74, 6) is -1.98. The second kappa shape index (κ2) is 13.3. The molecule has 1 aliphatic rings. The quantitative estimate of drug-likeness (QED) is 0.135. The molecule has 2 N–H and O–H groups in total. The number of nitrogens with zero attached hydrogens (tertiary/aromatic N) is 4. The lowest BCUT2D eigenvalue weighted by Crippen LogP contribution is -2.47. The van der Waals surface area contributed by atoms with Crippen molar-refractivity contribution in [2.45, 2.75) is 63.9 Å². The van der Waals surface area contributed by atoms with Gasteiger partial charge in [0.25, 0.3) is 5.79 Å². The zero-order valence-electron chi connectivity index (χ0n) is 25.1. The van der Waals surface area contributed by atoms with E-state index in [4.69, 9.17) is 18.9 Å². The molecule has 1 fully saturated rings. The maximum absolute atomic E-state index is 13.8. The van der Waals surface area contributed by atoms with Gasteiger partial charge in [-0.25, -0.2) is 19.7 Å². The molecule has 2 heterocycles. The summed E-state index contributed by atoms with van der Waals surface area (Å²) >= 11 is 0. The Morgan fingerprint density at radius 1 is 0.978 bits per heavy atom. The summed E-state index contributed by atoms with van der Waals surface area (Å²) in [6.07, 6.45) is 4.06. The highest BCUT2D eigenvalue weighted by Crippen LogP contribution is 2.38. The third-order valence-electron chi connectivity index (χ3n) is 8.02. The molecule has 0 saturated heterocycles. The SMILES string of the molecule is CCOC(OC(=O)c1cccc2[nH]cnc12)(c1ccc(-c2ccccc2-c2nnn[nH]2)cc1)C(C)OC(=O)OC1CCCCC1. The molecule has 6 rings (SSSR count). The molecule has 0 radical (unpaired) electrons. The third kappa shape index (κ3) is 6.27. The highest BCUT2D eigenvalue weighted by atomic mass is 16.8. The van der Waals surface area contributed by atoms with Gasteiger partial charge in [-0.05, 0) is 73.2 Å². The number of hydrogen-bond acceptors (Lipinski definition) is 10. The van der Waals surface area contributed by atoms with Crippen LogP contribution < -0.4 is 0 Å². The molecular weight excluding hydrogens is 576 g/mol. The van der Waals surface area contributed by atoms with Crippen LogP contribution in [0, 0.1) is 0 Å². The minimum atomic E-state index is -1.82. The fourth-order valence-electron chi connectivity index (χ4n) is 5.81. The van der Waals surface area contributed by atoms with E-state index in [0.29, 0.717) is 22.4 Å². The van der Waals surface area contributed by atoms with Gasteiger partial charge >= 0.3 is 12.1 Å². The number of para-hydroxylation sites is 1. The summed E-state index contributed by atoms with van der Waals surface area (Å²) < 4.78 is 23.9. The van der Waals surface area contributed by atoms with E-state index in [9.17, 15) is 9.59 Å². The number of benzene rings is 3. The fraction of sp³-hybridized carbons (Fsp3) is 0.333. The molecule has 1 saturated carbocycles. The Hall–Kier alpha value is -5.10. The van der Waals surface area contributed by atoms with E-state index >= 15 is 0 Å². The van der Waals surface area contributed by atoms with Crippen LogP contribution in [0.3, 0.4) is 0 Å². The highest BCUT2D eigenvalue weighted by molar-refractivity contribution is 6.02. The summed E-state index contributed by atoms with van der Waals surface area (Å²) in [7, 11) is 0. The van der Waals surface area contributed by atoms with Crippen LogP contribution in [0.4, 0.5) is 4.79 Å². The minimum absolute atomic E-state index is 0.147. The summed E-state index contributed by atoms with van der Waals surface area (Å²) in [4.78, 5) is 34.2. The van der Waals surface area contributed by atoms with Gasteiger partial charge in [-0.15, -0.1) is 5.10 Å². The number of aromatic nitrogens is 6. The lowest BCUT2D eigenvalue weighted by Gasteiger charge is -2.37. The molecule has 2 unspecified atom stereocenters. The smallest absolute Gasteiger partial charge is 0.431 e. The first-order valence-electron chi connectivity index (χ1n) is 15.1. The van der Waals surface area contributed by atoms with Crippen molar-refractivity contribution < 1.29 is 28.5 Å². The van der Waals surface area contributed by atoms with Crippen molar-refractivity contribution in [2.24, 2.45) is 0 Å². The number of fused-ring (bicyclic) bond motifs is 1. The van der Waals surface area contributed by atoms with Gasteiger partial charge in [0, 0.05) is 17.7 Å². The van der Waals surface area contributed by atoms with Gasteiger partial charge in [-0.1, -0.05) is 61.0 Å². The predicted molar refractivity (Wildman–Crippen MR) is 164 cm³/mol. The van der Waals surface area contributed by atoms with Gasteiger partial charge in [0.05, 0.1) is 17.4 Å². The minimum Gasteiger partial charge on any atom is -0.431 e. The monoisotopic (exact) mass is 610 g/mol. The number of hydrogen-bond donors (Lipinski definition) is 2. The number of nitrogens with one attached hydrogen (secondary N) is 2. The van der Waals surface area contributed by atoms with E-state index in [2.05, 4.69) is 30.6 Å². The predicted octanol–water partition coefficient (Wildman–Crippen LogP) is 6.33. The Morgan fingerprint density at radius 3 is 2.49 bits per heavy atom. The van der Waals surface area contributed by atoms with Crippen LogP contribution in [0.5, 0.6) is 0 Å². The van der Waals surface area contributed by atoms with Gasteiger partial charge in [0.2, 0.25) is 0 Å². The number of carbonyl (C=O) groups is 2. The summed E-state index contributed by atoms with van der Waals surface area (Å²) in [6.45, 7) is 3.55. The van der Waals surface area contributed by atoms with Crippen molar-refractivity contribution in [1.82, 2.24) is 30.6 Å². The Balaban J connectivity index is 1.36. The zero-order valence-corrected chi connectivity index (χ0v) is 25.1. The Kier molecular flexibility index (Phi) is 8.83. The molecule has 12 heteroatoms. The topological polar surface area (TPSA) is 154 Å². The first-order valence-corrected chi connectivity index (χ1v) is 15.1. The number of imidazole rings is 1. The largest absolute Gasteiger partial charge is 0.509 e. The van der Waals surface area contributed by atoms with E-state index < -0.39 is 24.0 Å². The Labute approximate surface area is 259 Å². The van der Waals surface area contributed by atoms with Gasteiger partial charge in [0.1, 0.15) is 11.6 Å². The molecule has 3 aromatic carbocycles. The van der Waals surface area contributed by atoms with Crippen LogP contribution in [-0.4, -0.2) is 61.5 Å². The first kappa shape index (κ1) is 29.9. The summed E-state index contributed by atoms with van der Waals surface area (Å²) in [6, 6.07) is 20.2. The summed E-state index contributed by atoms with van der Waals surface area (Å²) in [5.41, 5.74) is 4.38. The van der Waals surface area contributed by atoms with Crippen molar-refractivity contribution in [3.05, 3.63) is 84.2 Å². The van der Waals surface area contributed by atoms with Crippen LogP contribution >= 0.6 is 0 Å². The molecule has 2 atom stereocenters. The van der Waals surface area contributed by atoms with Crippen LogP contribution in [0.1, 0.15) is 61.9 Å². The van der Waals surface area contributed by atoms with Crippen molar-refractivity contribution in [1.29, 1.82) is 0 Å². The lowest BCUT2D eigenvalue weighted by atomic mass is 9.94. The van der Waals surface area contributed by atoms with E-state index in [1.807, 2.05) is 42.5 Å². The van der Waals surface area contributed by atoms with Crippen molar-refractivity contribution in [3.63, 3.8) is 0 Å². The standard InChI is InChI=1S/C33H34N6O6/c1-3-42-33(21(2)43-32(41)44-24-10-5-4-6-11-24,45-31(40)27-14-9-15-28-29(27)35-20-34-28)23-18-16-22(17-19-23)25-12-7-8-13-26(25)30-36-38-39-37-30/h7-9,12-21,24H,3-6,10-11H2,1-2H3,(H,34,35)(H,36,37,38,39). The van der Waals surface area contributed by atoms with Crippen molar-refractivity contribution in [2.75, 3.05) is 6.61 Å². The average Bonchev–Trinajstić information content (AvgIpc) is 3.78. The number of aromatic amines is 2. The number of rotatable bonds is 10. The van der Waals surface area contributed by atoms with Crippen LogP contribution in [0.25, 0.3) is 33.5 Å². The fourth-order valence-corrected chi connectivity index (χ4v) is 5.81. The van der Waals surface area contributed by atoms with Gasteiger partial charge in [0.15, 0.2) is 11.9 Å². The van der Waals surface area contributed by atoms with Crippen LogP contribution in [0.2, 0.25) is 0 Å². The van der Waals surface area contributed by atoms with E-state index in [1.165, 1.54) is 6.33 Å². The number of tetrazole rings is 1. The molecule has 0 spiro atoms. The lowest BCUT2D eigenvalue weighted by molar-refractivity contribution is -0.261. The van der Waals surface area contributed by atoms with E-state index in [1.54, 1.807) is 38.1 Å².